The van der Waals surface area contributed by atoms with E-state index in [2.05, 4.69) is 0 Å². The SMILES string of the molecule is CO[SiH]1O[Si@@]2(OC(C)C)O[Si]3(OC(C)C)O[SiH](OC(C)C)O[Si@]4(OC(C)C)O[Si](OC(C)C)(O3)O[Si](OC(C)C)(O2)O[Si@@](OC(C)C)(O1)O4. The summed E-state index contributed by atoms with van der Waals surface area (Å²) < 4.78 is 125. The van der Waals surface area contributed by atoms with Gasteiger partial charge in [-0.15, -0.1) is 0 Å². The first-order valence-corrected chi connectivity index (χ1v) is 29.1. The van der Waals surface area contributed by atoms with Crippen LogP contribution in [0.4, 0.5) is 0 Å². The lowest BCUT2D eigenvalue weighted by Gasteiger charge is -2.54. The summed E-state index contributed by atoms with van der Waals surface area (Å²) in [6, 6.07) is 0. The van der Waals surface area contributed by atoms with Gasteiger partial charge in [0.05, 0.1) is 0 Å². The van der Waals surface area contributed by atoms with E-state index in [1.54, 1.807) is 96.9 Å². The predicted octanol–water partition coefficient (Wildman–Crippen LogP) is 1.89. The van der Waals surface area contributed by atoms with Crippen molar-refractivity contribution in [1.82, 2.24) is 0 Å². The van der Waals surface area contributed by atoms with Crippen LogP contribution < -0.4 is 0 Å². The van der Waals surface area contributed by atoms with Gasteiger partial charge in [-0.05, 0) is 96.9 Å². The van der Waals surface area contributed by atoms with E-state index in [1.165, 1.54) is 7.11 Å². The molecule has 0 aromatic heterocycles. The van der Waals surface area contributed by atoms with Crippen molar-refractivity contribution in [1.29, 1.82) is 0 Å². The highest BCUT2D eigenvalue weighted by molar-refractivity contribution is 6.93. The Morgan fingerprint density at radius 2 is 0.551 bits per heavy atom. The zero-order valence-electron chi connectivity index (χ0n) is 31.0. The lowest BCUT2D eigenvalue weighted by molar-refractivity contribution is -0.145. The third-order valence-electron chi connectivity index (χ3n) is 5.57. The van der Waals surface area contributed by atoms with E-state index in [9.17, 15) is 0 Å². The summed E-state index contributed by atoms with van der Waals surface area (Å²) in [7, 11) is -34.2. The zero-order valence-corrected chi connectivity index (χ0v) is 39.3. The van der Waals surface area contributed by atoms with E-state index in [0.717, 1.165) is 0 Å². The predicted molar refractivity (Wildman–Crippen MR) is 181 cm³/mol. The Bertz CT molecular complexity index is 1030. The molecule has 4 aliphatic rings. The summed E-state index contributed by atoms with van der Waals surface area (Å²) in [6.45, 7) is 24.7. The molecule has 0 spiro atoms. The first-order chi connectivity index (χ1) is 22.6. The standard InChI is InChI=1S/C22H54O19Si8/c1-16(2)24-43-33-46(27-19(7)8)35-44(25-17(3)4)31-42(23-15)32-45(26-18(5)6)36-47(34-43,28-20(9)10)40-49(39-46,30-22(13)14)41-48(37-44,38-45)29-21(11)12/h16-22,42-43H,1-15H3/t42?,43?,44-,45-,46-,47?,48?,49?/m0/s1. The molecule has 0 amide bonds. The van der Waals surface area contributed by atoms with E-state index in [4.69, 9.17) is 80.7 Å². The molecule has 4 fully saturated rings. The van der Waals surface area contributed by atoms with Gasteiger partial charge in [0.15, 0.2) is 0 Å². The molecule has 4 heterocycles. The highest BCUT2D eigenvalue weighted by Crippen LogP contribution is 2.46. The van der Waals surface area contributed by atoms with Gasteiger partial charge in [0.1, 0.15) is 0 Å². The maximum absolute atomic E-state index is 6.85. The summed E-state index contributed by atoms with van der Waals surface area (Å²) in [4.78, 5) is 0. The summed E-state index contributed by atoms with van der Waals surface area (Å²) >= 11 is 0. The van der Waals surface area contributed by atoms with Crippen LogP contribution in [0, 0.1) is 0 Å². The van der Waals surface area contributed by atoms with Gasteiger partial charge in [-0.25, -0.2) is 0 Å². The molecular formula is C22H54O19Si8. The van der Waals surface area contributed by atoms with Crippen LogP contribution in [0.15, 0.2) is 0 Å². The van der Waals surface area contributed by atoms with E-state index in [1.807, 2.05) is 0 Å². The van der Waals surface area contributed by atoms with Crippen molar-refractivity contribution in [3.63, 3.8) is 0 Å². The molecule has 0 aliphatic carbocycles. The smallest absolute Gasteiger partial charge is 0.380 e. The summed E-state index contributed by atoms with van der Waals surface area (Å²) in [5, 5.41) is 0. The van der Waals surface area contributed by atoms with E-state index in [-0.39, 0.29) is 0 Å². The van der Waals surface area contributed by atoms with Crippen molar-refractivity contribution in [3.8, 4) is 0 Å². The minimum atomic E-state index is -4.83. The molecule has 4 saturated heterocycles. The van der Waals surface area contributed by atoms with Crippen molar-refractivity contribution in [3.05, 3.63) is 0 Å². The Labute approximate surface area is 299 Å². The molecule has 19 nitrogen and oxygen atoms in total. The maximum atomic E-state index is 6.85. The normalized spacial score (nSPS) is 40.0. The van der Waals surface area contributed by atoms with Crippen LogP contribution in [0.2, 0.25) is 0 Å². The summed E-state index contributed by atoms with van der Waals surface area (Å²) in [5.74, 6) is 0. The lowest BCUT2D eigenvalue weighted by Crippen LogP contribution is -2.86. The quantitative estimate of drug-likeness (QED) is 0.218. The van der Waals surface area contributed by atoms with Crippen LogP contribution in [-0.4, -0.2) is 123 Å². The Balaban J connectivity index is 2.16. The fourth-order valence-corrected chi connectivity index (χ4v) is 37.3. The summed E-state index contributed by atoms with van der Waals surface area (Å²) in [6.07, 6.45) is -3.89. The van der Waals surface area contributed by atoms with Gasteiger partial charge in [-0.3, -0.25) is 0 Å². The second-order valence-corrected chi connectivity index (χ2v) is 32.0. The Morgan fingerprint density at radius 3 is 0.796 bits per heavy atom. The third-order valence-corrected chi connectivity index (χ3v) is 33.0. The topological polar surface area (TPSA) is 175 Å². The largest absolute Gasteiger partial charge is 0.662 e. The van der Waals surface area contributed by atoms with Crippen LogP contribution in [0.25, 0.3) is 0 Å². The molecule has 0 radical (unpaired) electrons. The van der Waals surface area contributed by atoms with Crippen LogP contribution in [0.3, 0.4) is 0 Å². The second-order valence-electron chi connectivity index (χ2n) is 13.2. The van der Waals surface area contributed by atoms with Crippen LogP contribution >= 0.6 is 0 Å². The fourth-order valence-electron chi connectivity index (χ4n) is 4.55. The first kappa shape index (κ1) is 42.7. The molecule has 8 atom stereocenters. The first-order valence-electron chi connectivity index (χ1n) is 16.5. The van der Waals surface area contributed by atoms with Gasteiger partial charge in [0.2, 0.25) is 0 Å². The molecule has 4 aliphatic heterocycles. The average Bonchev–Trinajstić information content (AvgIpc) is 2.81. The number of fused-ring (bicyclic) bond motifs is 4. The lowest BCUT2D eigenvalue weighted by atomic mass is 10.5. The molecule has 6 bridgehead atoms. The van der Waals surface area contributed by atoms with Crippen LogP contribution in [0.5, 0.6) is 0 Å². The molecule has 27 heteroatoms. The maximum Gasteiger partial charge on any atom is 0.662 e. The molecule has 288 valence electrons. The summed E-state index contributed by atoms with van der Waals surface area (Å²) in [5.41, 5.74) is 0. The number of hydrogen-bond donors (Lipinski definition) is 0. The highest BCUT2D eigenvalue weighted by Gasteiger charge is 2.85. The van der Waals surface area contributed by atoms with Gasteiger partial charge in [-0.2, -0.15) is 0 Å². The number of hydrogen-bond acceptors (Lipinski definition) is 19. The third kappa shape index (κ3) is 11.0. The molecule has 0 N–H and O–H groups in total. The Hall–Kier alpha value is 0.975. The molecule has 0 aromatic carbocycles. The van der Waals surface area contributed by atoms with Gasteiger partial charge < -0.3 is 80.7 Å². The Kier molecular flexibility index (Phi) is 14.3. The van der Waals surface area contributed by atoms with Gasteiger partial charge in [0, 0.05) is 49.8 Å². The molecule has 0 aromatic rings. The average molecular weight is 847 g/mol. The monoisotopic (exact) mass is 846 g/mol. The van der Waals surface area contributed by atoms with Crippen molar-refractivity contribution < 1.29 is 80.7 Å². The minimum absolute atomic E-state index is 0.418. The van der Waals surface area contributed by atoms with E-state index >= 15 is 0 Å². The second kappa shape index (κ2) is 16.4. The van der Waals surface area contributed by atoms with Crippen LogP contribution in [-0.2, 0) is 80.7 Å². The molecule has 49 heavy (non-hydrogen) atoms. The molecule has 4 rings (SSSR count). The van der Waals surface area contributed by atoms with Crippen molar-refractivity contribution in [2.45, 2.75) is 140 Å². The molecule has 0 saturated carbocycles. The van der Waals surface area contributed by atoms with Gasteiger partial charge in [-0.1, -0.05) is 0 Å². The minimum Gasteiger partial charge on any atom is -0.380 e. The fraction of sp³-hybridized carbons (Fsp3) is 1.00. The van der Waals surface area contributed by atoms with E-state index in [0.29, 0.717) is 0 Å². The molecular weight excluding hydrogens is 793 g/mol. The molecule has 5 unspecified atom stereocenters. The van der Waals surface area contributed by atoms with Gasteiger partial charge >= 0.3 is 73.3 Å². The number of rotatable bonds is 15. The van der Waals surface area contributed by atoms with Crippen LogP contribution in [0.1, 0.15) is 96.9 Å². The van der Waals surface area contributed by atoms with Crippen molar-refractivity contribution >= 4 is 73.3 Å². The van der Waals surface area contributed by atoms with Gasteiger partial charge in [0.25, 0.3) is 0 Å². The zero-order chi connectivity index (χ0) is 36.6. The Morgan fingerprint density at radius 1 is 0.327 bits per heavy atom. The van der Waals surface area contributed by atoms with E-state index < -0.39 is 116 Å². The van der Waals surface area contributed by atoms with Crippen molar-refractivity contribution in [2.24, 2.45) is 0 Å². The highest BCUT2D eigenvalue weighted by atomic mass is 28.6. The van der Waals surface area contributed by atoms with Crippen molar-refractivity contribution in [2.75, 3.05) is 7.11 Å².